The Bertz CT molecular complexity index is 1030. The van der Waals surface area contributed by atoms with Crippen LogP contribution in [0.5, 0.6) is 11.5 Å². The number of carbonyl (C=O) groups excluding carboxylic acids is 1. The van der Waals surface area contributed by atoms with Crippen molar-refractivity contribution in [2.24, 2.45) is 5.92 Å². The van der Waals surface area contributed by atoms with Crippen molar-refractivity contribution in [3.8, 4) is 11.5 Å². The van der Waals surface area contributed by atoms with Crippen LogP contribution in [0.2, 0.25) is 5.02 Å². The van der Waals surface area contributed by atoms with E-state index in [0.29, 0.717) is 60.4 Å². The van der Waals surface area contributed by atoms with Gasteiger partial charge in [0.2, 0.25) is 15.9 Å². The number of anilines is 1. The van der Waals surface area contributed by atoms with Crippen LogP contribution in [0.15, 0.2) is 42.5 Å². The van der Waals surface area contributed by atoms with Crippen LogP contribution in [0, 0.1) is 5.92 Å². The normalized spacial score (nSPS) is 19.3. The van der Waals surface area contributed by atoms with Crippen LogP contribution in [0.25, 0.3) is 0 Å². The summed E-state index contributed by atoms with van der Waals surface area (Å²) in [6.45, 7) is 1.56. The van der Waals surface area contributed by atoms with Crippen molar-refractivity contribution in [2.75, 3.05) is 31.6 Å². The Morgan fingerprint density at radius 3 is 2.60 bits per heavy atom. The molecule has 0 spiro atoms. The number of nitrogens with zero attached hydrogens (tertiary/aromatic N) is 1. The summed E-state index contributed by atoms with van der Waals surface area (Å²) < 4.78 is 38.2. The monoisotopic (exact) mass is 450 g/mol. The molecule has 2 heterocycles. The summed E-state index contributed by atoms with van der Waals surface area (Å²) in [4.78, 5) is 12.8. The fourth-order valence-electron chi connectivity index (χ4n) is 3.66. The lowest BCUT2D eigenvalue weighted by atomic mass is 9.98. The molecule has 7 nitrogen and oxygen atoms in total. The summed E-state index contributed by atoms with van der Waals surface area (Å²) in [7, 11) is -3.53. The highest BCUT2D eigenvalue weighted by molar-refractivity contribution is 7.88. The minimum absolute atomic E-state index is 0.110. The predicted molar refractivity (Wildman–Crippen MR) is 114 cm³/mol. The van der Waals surface area contributed by atoms with Crippen molar-refractivity contribution in [3.05, 3.63) is 53.1 Å². The van der Waals surface area contributed by atoms with Crippen molar-refractivity contribution in [1.82, 2.24) is 4.31 Å². The molecule has 160 valence electrons. The molecule has 2 aliphatic heterocycles. The van der Waals surface area contributed by atoms with Gasteiger partial charge in [-0.3, -0.25) is 4.79 Å². The van der Waals surface area contributed by atoms with Gasteiger partial charge in [-0.25, -0.2) is 12.7 Å². The molecule has 0 radical (unpaired) electrons. The third-order valence-electron chi connectivity index (χ3n) is 5.22. The molecule has 0 aromatic heterocycles. The second-order valence-electron chi connectivity index (χ2n) is 7.43. The van der Waals surface area contributed by atoms with E-state index < -0.39 is 15.9 Å². The quantitative estimate of drug-likeness (QED) is 0.755. The minimum atomic E-state index is -3.53. The van der Waals surface area contributed by atoms with Crippen LogP contribution in [0.3, 0.4) is 0 Å². The third-order valence-corrected chi connectivity index (χ3v) is 7.29. The van der Waals surface area contributed by atoms with Gasteiger partial charge >= 0.3 is 0 Å². The lowest BCUT2D eigenvalue weighted by molar-refractivity contribution is -0.120. The molecule has 0 unspecified atom stereocenters. The zero-order valence-electron chi connectivity index (χ0n) is 16.3. The van der Waals surface area contributed by atoms with Crippen LogP contribution in [-0.4, -0.2) is 44.9 Å². The number of carbonyl (C=O) groups is 1. The fraction of sp³-hybridized carbons (Fsp3) is 0.381. The lowest BCUT2D eigenvalue weighted by Gasteiger charge is -2.31. The van der Waals surface area contributed by atoms with E-state index in [0.717, 1.165) is 0 Å². The first-order valence-electron chi connectivity index (χ1n) is 9.83. The summed E-state index contributed by atoms with van der Waals surface area (Å²) in [5.41, 5.74) is 1.27. The molecule has 9 heteroatoms. The predicted octanol–water partition coefficient (Wildman–Crippen LogP) is 3.29. The highest BCUT2D eigenvalue weighted by Gasteiger charge is 2.32. The summed E-state index contributed by atoms with van der Waals surface area (Å²) in [6, 6.07) is 12.0. The molecule has 0 bridgehead atoms. The number of sulfonamides is 1. The SMILES string of the molecule is O=C(Nc1ccc2c(c1)OCCO2)[C@H]1CCCN(S(=O)(=O)Cc2ccc(Cl)cc2)C1. The third kappa shape index (κ3) is 4.88. The van der Waals surface area contributed by atoms with E-state index in [-0.39, 0.29) is 18.2 Å². The van der Waals surface area contributed by atoms with Gasteiger partial charge in [-0.2, -0.15) is 0 Å². The Hall–Kier alpha value is -2.29. The largest absolute Gasteiger partial charge is 0.486 e. The first-order valence-corrected chi connectivity index (χ1v) is 11.8. The Labute approximate surface area is 181 Å². The second-order valence-corrected chi connectivity index (χ2v) is 9.83. The number of hydrogen-bond acceptors (Lipinski definition) is 5. The number of amides is 1. The smallest absolute Gasteiger partial charge is 0.228 e. The molecule has 4 rings (SSSR count). The highest BCUT2D eigenvalue weighted by atomic mass is 35.5. The number of piperidine rings is 1. The first-order chi connectivity index (χ1) is 14.4. The van der Waals surface area contributed by atoms with Gasteiger partial charge in [0.15, 0.2) is 11.5 Å². The Morgan fingerprint density at radius 1 is 1.10 bits per heavy atom. The molecule has 2 aliphatic rings. The van der Waals surface area contributed by atoms with Crippen LogP contribution in [0.1, 0.15) is 18.4 Å². The van der Waals surface area contributed by atoms with Crippen molar-refractivity contribution in [2.45, 2.75) is 18.6 Å². The van der Waals surface area contributed by atoms with E-state index in [1.807, 2.05) is 0 Å². The average Bonchev–Trinajstić information content (AvgIpc) is 2.75. The second kappa shape index (κ2) is 8.83. The van der Waals surface area contributed by atoms with Gasteiger partial charge in [0.1, 0.15) is 13.2 Å². The van der Waals surface area contributed by atoms with E-state index in [2.05, 4.69) is 5.32 Å². The van der Waals surface area contributed by atoms with Crippen LogP contribution >= 0.6 is 11.6 Å². The van der Waals surface area contributed by atoms with E-state index in [1.165, 1.54) is 4.31 Å². The van der Waals surface area contributed by atoms with Crippen LogP contribution in [0.4, 0.5) is 5.69 Å². The minimum Gasteiger partial charge on any atom is -0.486 e. The van der Waals surface area contributed by atoms with E-state index in [1.54, 1.807) is 42.5 Å². The molecule has 0 aliphatic carbocycles. The van der Waals surface area contributed by atoms with E-state index in [4.69, 9.17) is 21.1 Å². The van der Waals surface area contributed by atoms with Crippen molar-refractivity contribution < 1.29 is 22.7 Å². The number of rotatable bonds is 5. The van der Waals surface area contributed by atoms with E-state index >= 15 is 0 Å². The maximum atomic E-state index is 12.9. The number of ether oxygens (including phenoxy) is 2. The molecule has 1 N–H and O–H groups in total. The molecule has 1 saturated heterocycles. The van der Waals surface area contributed by atoms with Gasteiger partial charge in [-0.15, -0.1) is 0 Å². The Kier molecular flexibility index (Phi) is 6.17. The number of nitrogens with one attached hydrogen (secondary N) is 1. The van der Waals surface area contributed by atoms with Crippen molar-refractivity contribution >= 4 is 33.2 Å². The zero-order valence-corrected chi connectivity index (χ0v) is 17.9. The van der Waals surface area contributed by atoms with Gasteiger partial charge in [0.25, 0.3) is 0 Å². The lowest BCUT2D eigenvalue weighted by Crippen LogP contribution is -2.44. The maximum Gasteiger partial charge on any atom is 0.228 e. The zero-order chi connectivity index (χ0) is 21.1. The highest BCUT2D eigenvalue weighted by Crippen LogP contribution is 2.33. The standard InChI is InChI=1S/C21H23ClN2O5S/c22-17-5-3-15(4-6-17)14-30(26,27)24-9-1-2-16(13-24)21(25)23-18-7-8-19-20(12-18)29-11-10-28-19/h3-8,12,16H,1-2,9-11,13-14H2,(H,23,25)/t16-/m0/s1. The average molecular weight is 451 g/mol. The van der Waals surface area contributed by atoms with E-state index in [9.17, 15) is 13.2 Å². The van der Waals surface area contributed by atoms with Gasteiger partial charge in [0, 0.05) is 29.9 Å². The van der Waals surface area contributed by atoms with Gasteiger partial charge < -0.3 is 14.8 Å². The molecule has 0 saturated carbocycles. The summed E-state index contributed by atoms with van der Waals surface area (Å²) in [6.07, 6.45) is 1.28. The molecule has 1 amide bonds. The summed E-state index contributed by atoms with van der Waals surface area (Å²) in [5.74, 6) is 0.525. The van der Waals surface area contributed by atoms with Crippen LogP contribution < -0.4 is 14.8 Å². The summed E-state index contributed by atoms with van der Waals surface area (Å²) in [5, 5.41) is 3.44. The molecule has 2 aromatic carbocycles. The summed E-state index contributed by atoms with van der Waals surface area (Å²) >= 11 is 5.87. The Balaban J connectivity index is 1.40. The number of fused-ring (bicyclic) bond motifs is 1. The van der Waals surface area contributed by atoms with Gasteiger partial charge in [-0.05, 0) is 42.7 Å². The van der Waals surface area contributed by atoms with Crippen LogP contribution in [-0.2, 0) is 20.6 Å². The van der Waals surface area contributed by atoms with Gasteiger partial charge in [0.05, 0.1) is 11.7 Å². The number of benzene rings is 2. The molecule has 1 fully saturated rings. The fourth-order valence-corrected chi connectivity index (χ4v) is 5.39. The number of hydrogen-bond donors (Lipinski definition) is 1. The topological polar surface area (TPSA) is 84.9 Å². The molecule has 2 aromatic rings. The molecule has 30 heavy (non-hydrogen) atoms. The molecular formula is C21H23ClN2O5S. The van der Waals surface area contributed by atoms with Crippen molar-refractivity contribution in [3.63, 3.8) is 0 Å². The van der Waals surface area contributed by atoms with Gasteiger partial charge in [-0.1, -0.05) is 23.7 Å². The first kappa shape index (κ1) is 21.0. The maximum absolute atomic E-state index is 12.9. The molecular weight excluding hydrogens is 428 g/mol. The van der Waals surface area contributed by atoms with Crippen molar-refractivity contribution in [1.29, 1.82) is 0 Å². The molecule has 1 atom stereocenters. The number of halogens is 1. The Morgan fingerprint density at radius 2 is 1.83 bits per heavy atom.